The first-order valence-electron chi connectivity index (χ1n) is 8.75. The van der Waals surface area contributed by atoms with Crippen LogP contribution in [0.25, 0.3) is 27.6 Å². The number of aromatic nitrogens is 4. The SMILES string of the molecule is O=c1[nH]c2ccccc2c(=O)n1-c1ccc(Nc2nc3ccccc3[nH]2)cc1. The van der Waals surface area contributed by atoms with Crippen LogP contribution in [-0.4, -0.2) is 19.5 Å². The minimum atomic E-state index is -0.471. The second-order valence-corrected chi connectivity index (χ2v) is 6.39. The minimum absolute atomic E-state index is 0.350. The number of hydrogen-bond donors (Lipinski definition) is 3. The fourth-order valence-corrected chi connectivity index (χ4v) is 3.24. The van der Waals surface area contributed by atoms with E-state index in [1.165, 1.54) is 0 Å². The second kappa shape index (κ2) is 6.24. The Kier molecular flexibility index (Phi) is 3.58. The van der Waals surface area contributed by atoms with E-state index in [4.69, 9.17) is 0 Å². The Morgan fingerprint density at radius 1 is 0.786 bits per heavy atom. The quantitative estimate of drug-likeness (QED) is 0.455. The molecule has 0 bridgehead atoms. The standard InChI is InChI=1S/C21H15N5O2/c27-19-15-5-1-2-6-16(15)25-21(28)26(19)14-11-9-13(10-12-14)22-20-23-17-7-3-4-8-18(17)24-20/h1-12H,(H,25,28)(H2,22,23,24). The van der Waals surface area contributed by atoms with Crippen LogP contribution < -0.4 is 16.6 Å². The molecule has 7 nitrogen and oxygen atoms in total. The van der Waals surface area contributed by atoms with E-state index in [0.717, 1.165) is 21.3 Å². The van der Waals surface area contributed by atoms with Crippen molar-refractivity contribution in [3.63, 3.8) is 0 Å². The summed E-state index contributed by atoms with van der Waals surface area (Å²) in [6.45, 7) is 0. The molecule has 0 radical (unpaired) electrons. The summed E-state index contributed by atoms with van der Waals surface area (Å²) in [5, 5.41) is 3.66. The molecule has 5 aromatic rings. The van der Waals surface area contributed by atoms with E-state index in [1.54, 1.807) is 48.5 Å². The minimum Gasteiger partial charge on any atom is -0.326 e. The van der Waals surface area contributed by atoms with E-state index in [9.17, 15) is 9.59 Å². The number of para-hydroxylation sites is 3. The third-order valence-electron chi connectivity index (χ3n) is 4.58. The maximum absolute atomic E-state index is 12.7. The monoisotopic (exact) mass is 369 g/mol. The zero-order valence-corrected chi connectivity index (χ0v) is 14.6. The smallest absolute Gasteiger partial charge is 0.326 e. The van der Waals surface area contributed by atoms with E-state index >= 15 is 0 Å². The molecule has 0 saturated carbocycles. The van der Waals surface area contributed by atoms with Gasteiger partial charge in [0.2, 0.25) is 5.95 Å². The Morgan fingerprint density at radius 2 is 1.50 bits per heavy atom. The molecule has 2 heterocycles. The van der Waals surface area contributed by atoms with E-state index in [-0.39, 0.29) is 5.56 Å². The van der Waals surface area contributed by atoms with Gasteiger partial charge in [0.05, 0.1) is 27.6 Å². The average molecular weight is 369 g/mol. The van der Waals surface area contributed by atoms with Gasteiger partial charge in [-0.05, 0) is 48.5 Å². The van der Waals surface area contributed by atoms with Gasteiger partial charge < -0.3 is 15.3 Å². The van der Waals surface area contributed by atoms with Crippen molar-refractivity contribution in [1.82, 2.24) is 19.5 Å². The molecule has 7 heteroatoms. The largest absolute Gasteiger partial charge is 0.333 e. The number of aromatic amines is 2. The van der Waals surface area contributed by atoms with Gasteiger partial charge in [0, 0.05) is 5.69 Å². The Labute approximate surface area is 158 Å². The van der Waals surface area contributed by atoms with Gasteiger partial charge >= 0.3 is 5.69 Å². The maximum atomic E-state index is 12.7. The number of nitrogens with zero attached hydrogens (tertiary/aromatic N) is 2. The summed E-state index contributed by atoms with van der Waals surface area (Å²) in [6.07, 6.45) is 0. The van der Waals surface area contributed by atoms with Crippen LogP contribution in [0.5, 0.6) is 0 Å². The summed E-state index contributed by atoms with van der Waals surface area (Å²) < 4.78 is 1.13. The Hall–Kier alpha value is -4.13. The summed E-state index contributed by atoms with van der Waals surface area (Å²) in [7, 11) is 0. The highest BCUT2D eigenvalue weighted by atomic mass is 16.2. The number of hydrogen-bond acceptors (Lipinski definition) is 4. The molecule has 3 aromatic carbocycles. The molecule has 5 rings (SSSR count). The number of benzene rings is 3. The van der Waals surface area contributed by atoms with Crippen LogP contribution in [0.15, 0.2) is 82.4 Å². The third kappa shape index (κ3) is 2.66. The van der Waals surface area contributed by atoms with Crippen LogP contribution in [0, 0.1) is 0 Å². The molecule has 0 aliphatic carbocycles. The number of imidazole rings is 1. The van der Waals surface area contributed by atoms with Crippen LogP contribution in [0.4, 0.5) is 11.6 Å². The first-order valence-corrected chi connectivity index (χ1v) is 8.75. The molecule has 136 valence electrons. The molecule has 0 spiro atoms. The lowest BCUT2D eigenvalue weighted by molar-refractivity contribution is 0.901. The molecule has 0 fully saturated rings. The van der Waals surface area contributed by atoms with E-state index in [1.807, 2.05) is 24.3 Å². The summed E-state index contributed by atoms with van der Waals surface area (Å²) in [4.78, 5) is 35.6. The molecule has 0 amide bonds. The van der Waals surface area contributed by atoms with Crippen molar-refractivity contribution < 1.29 is 0 Å². The van der Waals surface area contributed by atoms with Crippen molar-refractivity contribution in [1.29, 1.82) is 0 Å². The van der Waals surface area contributed by atoms with Gasteiger partial charge in [0.25, 0.3) is 5.56 Å². The highest BCUT2D eigenvalue weighted by Crippen LogP contribution is 2.19. The summed E-state index contributed by atoms with van der Waals surface area (Å²) in [5.41, 5.74) is 2.79. The molecule has 2 aromatic heterocycles. The second-order valence-electron chi connectivity index (χ2n) is 6.39. The lowest BCUT2D eigenvalue weighted by atomic mass is 10.2. The first kappa shape index (κ1) is 16.1. The fourth-order valence-electron chi connectivity index (χ4n) is 3.24. The molecule has 0 aliphatic rings. The number of anilines is 2. The van der Waals surface area contributed by atoms with Gasteiger partial charge in [-0.25, -0.2) is 14.3 Å². The third-order valence-corrected chi connectivity index (χ3v) is 4.58. The van der Waals surface area contributed by atoms with E-state index < -0.39 is 5.69 Å². The normalized spacial score (nSPS) is 11.1. The lowest BCUT2D eigenvalue weighted by Gasteiger charge is -2.08. The molecule has 0 atom stereocenters. The molecule has 0 aliphatic heterocycles. The maximum Gasteiger partial charge on any atom is 0.333 e. The van der Waals surface area contributed by atoms with Crippen molar-refractivity contribution in [2.24, 2.45) is 0 Å². The number of fused-ring (bicyclic) bond motifs is 2. The van der Waals surface area contributed by atoms with E-state index in [0.29, 0.717) is 22.5 Å². The number of rotatable bonds is 3. The number of H-pyrrole nitrogens is 2. The molecule has 28 heavy (non-hydrogen) atoms. The molecular formula is C21H15N5O2. The van der Waals surface area contributed by atoms with Crippen LogP contribution in [0.3, 0.4) is 0 Å². The lowest BCUT2D eigenvalue weighted by Crippen LogP contribution is -2.33. The predicted molar refractivity (Wildman–Crippen MR) is 110 cm³/mol. The zero-order valence-electron chi connectivity index (χ0n) is 14.6. The number of nitrogens with one attached hydrogen (secondary N) is 3. The topological polar surface area (TPSA) is 95.6 Å². The molecule has 0 unspecified atom stereocenters. The predicted octanol–water partition coefficient (Wildman–Crippen LogP) is 3.30. The highest BCUT2D eigenvalue weighted by molar-refractivity contribution is 5.79. The summed E-state index contributed by atoms with van der Waals surface area (Å²) in [5.74, 6) is 0.620. The van der Waals surface area contributed by atoms with Gasteiger partial charge in [-0.1, -0.05) is 24.3 Å². The highest BCUT2D eigenvalue weighted by Gasteiger charge is 2.09. The Balaban J connectivity index is 1.51. The average Bonchev–Trinajstić information content (AvgIpc) is 3.11. The van der Waals surface area contributed by atoms with Crippen molar-refractivity contribution in [2.45, 2.75) is 0 Å². The zero-order chi connectivity index (χ0) is 19.1. The molecule has 3 N–H and O–H groups in total. The van der Waals surface area contributed by atoms with Crippen LogP contribution in [-0.2, 0) is 0 Å². The van der Waals surface area contributed by atoms with Crippen LogP contribution >= 0.6 is 0 Å². The van der Waals surface area contributed by atoms with Crippen LogP contribution in [0.1, 0.15) is 0 Å². The van der Waals surface area contributed by atoms with Crippen LogP contribution in [0.2, 0.25) is 0 Å². The van der Waals surface area contributed by atoms with Crippen molar-refractivity contribution in [3.8, 4) is 5.69 Å². The van der Waals surface area contributed by atoms with Gasteiger partial charge in [-0.2, -0.15) is 0 Å². The van der Waals surface area contributed by atoms with Gasteiger partial charge in [-0.15, -0.1) is 0 Å². The Bertz CT molecular complexity index is 1390. The molecule has 0 saturated heterocycles. The summed E-state index contributed by atoms with van der Waals surface area (Å²) in [6, 6.07) is 21.7. The van der Waals surface area contributed by atoms with Crippen molar-refractivity contribution in [3.05, 3.63) is 93.6 Å². The first-order chi connectivity index (χ1) is 13.7. The van der Waals surface area contributed by atoms with Gasteiger partial charge in [0.1, 0.15) is 0 Å². The van der Waals surface area contributed by atoms with Gasteiger partial charge in [-0.3, -0.25) is 4.79 Å². The molecular weight excluding hydrogens is 354 g/mol. The fraction of sp³-hybridized carbons (Fsp3) is 0. The van der Waals surface area contributed by atoms with Crippen molar-refractivity contribution in [2.75, 3.05) is 5.32 Å². The van der Waals surface area contributed by atoms with Gasteiger partial charge in [0.15, 0.2) is 0 Å². The van der Waals surface area contributed by atoms with E-state index in [2.05, 4.69) is 20.3 Å². The van der Waals surface area contributed by atoms with Crippen molar-refractivity contribution >= 4 is 33.6 Å². The Morgan fingerprint density at radius 3 is 2.29 bits per heavy atom. The summed E-state index contributed by atoms with van der Waals surface area (Å²) >= 11 is 0.